The van der Waals surface area contributed by atoms with Gasteiger partial charge in [-0.1, -0.05) is 6.42 Å². The lowest BCUT2D eigenvalue weighted by Crippen LogP contribution is -3.14. The number of nitrogens with zero attached hydrogens (tertiary/aromatic N) is 1. The molecule has 1 amide bonds. The van der Waals surface area contributed by atoms with Gasteiger partial charge in [-0.2, -0.15) is 4.31 Å². The molecule has 3 rings (SSSR count). The Morgan fingerprint density at radius 3 is 2.50 bits per heavy atom. The Labute approximate surface area is 156 Å². The monoisotopic (exact) mass is 380 g/mol. The van der Waals surface area contributed by atoms with Crippen LogP contribution in [0.3, 0.4) is 0 Å². The van der Waals surface area contributed by atoms with E-state index in [4.69, 9.17) is 0 Å². The summed E-state index contributed by atoms with van der Waals surface area (Å²) in [6, 6.07) is 6.83. The number of quaternary nitrogens is 1. The molecule has 2 heterocycles. The summed E-state index contributed by atoms with van der Waals surface area (Å²) in [6.45, 7) is 6.29. The summed E-state index contributed by atoms with van der Waals surface area (Å²) in [6.07, 6.45) is 5.28. The van der Waals surface area contributed by atoms with Crippen LogP contribution >= 0.6 is 0 Å². The number of carbonyl (C=O) groups is 1. The molecule has 1 aromatic rings. The predicted molar refractivity (Wildman–Crippen MR) is 101 cm³/mol. The molecular weight excluding hydrogens is 350 g/mol. The fraction of sp³-hybridized carbons (Fsp3) is 0.632. The Hall–Kier alpha value is -1.44. The fourth-order valence-corrected chi connectivity index (χ4v) is 5.56. The molecule has 0 bridgehead atoms. The van der Waals surface area contributed by atoms with Crippen molar-refractivity contribution >= 4 is 15.9 Å². The molecule has 0 spiro atoms. The highest BCUT2D eigenvalue weighted by Crippen LogP contribution is 2.20. The molecule has 0 aliphatic carbocycles. The van der Waals surface area contributed by atoms with E-state index in [2.05, 4.69) is 12.2 Å². The van der Waals surface area contributed by atoms with Gasteiger partial charge in [0.05, 0.1) is 24.5 Å². The number of hydrogen-bond donors (Lipinski definition) is 2. The lowest BCUT2D eigenvalue weighted by Gasteiger charge is -2.25. The smallest absolute Gasteiger partial charge is 0.251 e. The summed E-state index contributed by atoms with van der Waals surface area (Å²) in [7, 11) is -3.44. The van der Waals surface area contributed by atoms with Gasteiger partial charge in [0.1, 0.15) is 6.04 Å². The second-order valence-electron chi connectivity index (χ2n) is 7.30. The van der Waals surface area contributed by atoms with E-state index in [0.717, 1.165) is 32.2 Å². The van der Waals surface area contributed by atoms with Crippen molar-refractivity contribution in [1.29, 1.82) is 0 Å². The predicted octanol–water partition coefficient (Wildman–Crippen LogP) is 0.658. The first kappa shape index (κ1) is 19.3. The molecule has 2 saturated heterocycles. The van der Waals surface area contributed by atoms with Gasteiger partial charge in [-0.15, -0.1) is 0 Å². The van der Waals surface area contributed by atoms with Gasteiger partial charge in [0, 0.05) is 31.5 Å². The van der Waals surface area contributed by atoms with Crippen LogP contribution in [0, 0.1) is 0 Å². The molecule has 144 valence electrons. The van der Waals surface area contributed by atoms with Crippen LogP contribution in [0.25, 0.3) is 0 Å². The molecule has 1 aromatic carbocycles. The van der Waals surface area contributed by atoms with Crippen LogP contribution in [-0.2, 0) is 10.0 Å². The van der Waals surface area contributed by atoms with Crippen molar-refractivity contribution in [3.63, 3.8) is 0 Å². The van der Waals surface area contributed by atoms with Crippen molar-refractivity contribution < 1.29 is 18.1 Å². The van der Waals surface area contributed by atoms with E-state index in [0.29, 0.717) is 31.2 Å². The van der Waals surface area contributed by atoms with Gasteiger partial charge in [0.15, 0.2) is 0 Å². The van der Waals surface area contributed by atoms with Gasteiger partial charge >= 0.3 is 0 Å². The second kappa shape index (κ2) is 8.50. The minimum Gasteiger partial charge on any atom is -0.346 e. The number of benzene rings is 1. The van der Waals surface area contributed by atoms with Crippen molar-refractivity contribution in [2.24, 2.45) is 0 Å². The number of rotatable bonds is 6. The Bertz CT molecular complexity index is 712. The van der Waals surface area contributed by atoms with Crippen molar-refractivity contribution in [2.75, 3.05) is 32.7 Å². The zero-order chi connectivity index (χ0) is 18.6. The Kier molecular flexibility index (Phi) is 6.32. The highest BCUT2D eigenvalue weighted by Gasteiger charge is 2.28. The Morgan fingerprint density at radius 2 is 1.85 bits per heavy atom. The quantitative estimate of drug-likeness (QED) is 0.762. The molecule has 7 heteroatoms. The fourth-order valence-electron chi connectivity index (χ4n) is 4.05. The topological polar surface area (TPSA) is 70.9 Å². The minimum atomic E-state index is -3.44. The molecule has 2 aliphatic heterocycles. The summed E-state index contributed by atoms with van der Waals surface area (Å²) in [5.74, 6) is -0.130. The van der Waals surface area contributed by atoms with Crippen LogP contribution in [0.15, 0.2) is 29.2 Å². The maximum Gasteiger partial charge on any atom is 0.251 e. The van der Waals surface area contributed by atoms with Crippen LogP contribution in [-0.4, -0.2) is 57.4 Å². The number of hydrogen-bond acceptors (Lipinski definition) is 3. The molecule has 1 unspecified atom stereocenters. The number of likely N-dealkylation sites (N-methyl/N-ethyl adjacent to an activating group) is 1. The number of carbonyl (C=O) groups excluding carboxylic acids is 1. The highest BCUT2D eigenvalue weighted by molar-refractivity contribution is 7.89. The zero-order valence-electron chi connectivity index (χ0n) is 15.5. The largest absolute Gasteiger partial charge is 0.346 e. The maximum absolute atomic E-state index is 12.7. The average molecular weight is 381 g/mol. The van der Waals surface area contributed by atoms with E-state index >= 15 is 0 Å². The van der Waals surface area contributed by atoms with Gasteiger partial charge in [-0.3, -0.25) is 4.79 Å². The average Bonchev–Trinajstić information content (AvgIpc) is 3.14. The van der Waals surface area contributed by atoms with E-state index in [9.17, 15) is 13.2 Å². The third kappa shape index (κ3) is 4.27. The SMILES string of the molecule is CC[NH+]1CCC[C@@H]1CNC(=O)c1ccc(S(=O)(=O)N2CCCCC2)cc1. The van der Waals surface area contributed by atoms with E-state index in [1.807, 2.05) is 0 Å². The molecular formula is C19H30N3O3S+. The normalized spacial score (nSPS) is 24.5. The molecule has 6 nitrogen and oxygen atoms in total. The number of likely N-dealkylation sites (tertiary alicyclic amines) is 1. The standard InChI is InChI=1S/C19H29N3O3S/c1-2-21-12-6-7-17(21)15-20-19(23)16-8-10-18(11-9-16)26(24,25)22-13-4-3-5-14-22/h8-11,17H,2-7,12-15H2,1H3,(H,20,23)/p+1/t17-/m1/s1. The van der Waals surface area contributed by atoms with Crippen molar-refractivity contribution in [2.45, 2.75) is 50.0 Å². The number of amides is 1. The summed E-state index contributed by atoms with van der Waals surface area (Å²) in [5, 5.41) is 3.01. The lowest BCUT2D eigenvalue weighted by atomic mass is 10.2. The van der Waals surface area contributed by atoms with Gasteiger partial charge in [0.25, 0.3) is 5.91 Å². The first-order chi connectivity index (χ1) is 12.5. The van der Waals surface area contributed by atoms with Crippen molar-refractivity contribution in [3.8, 4) is 0 Å². The van der Waals surface area contributed by atoms with E-state index in [1.165, 1.54) is 13.0 Å². The van der Waals surface area contributed by atoms with Crippen LogP contribution in [0.5, 0.6) is 0 Å². The first-order valence-corrected chi connectivity index (χ1v) is 11.2. The van der Waals surface area contributed by atoms with Gasteiger partial charge in [-0.05, 0) is 44.0 Å². The number of piperidine rings is 1. The van der Waals surface area contributed by atoms with E-state index in [-0.39, 0.29) is 10.8 Å². The lowest BCUT2D eigenvalue weighted by molar-refractivity contribution is -0.909. The zero-order valence-corrected chi connectivity index (χ0v) is 16.4. The number of nitrogens with one attached hydrogen (secondary N) is 2. The molecule has 26 heavy (non-hydrogen) atoms. The summed E-state index contributed by atoms with van der Waals surface area (Å²) >= 11 is 0. The van der Waals surface area contributed by atoms with Crippen LogP contribution in [0.1, 0.15) is 49.4 Å². The minimum absolute atomic E-state index is 0.130. The molecule has 0 saturated carbocycles. The maximum atomic E-state index is 12.7. The third-order valence-corrected chi connectivity index (χ3v) is 7.57. The molecule has 2 atom stereocenters. The molecule has 0 radical (unpaired) electrons. The first-order valence-electron chi connectivity index (χ1n) is 9.75. The second-order valence-corrected chi connectivity index (χ2v) is 9.24. The van der Waals surface area contributed by atoms with Crippen molar-refractivity contribution in [1.82, 2.24) is 9.62 Å². The highest BCUT2D eigenvalue weighted by atomic mass is 32.2. The van der Waals surface area contributed by atoms with Crippen LogP contribution in [0.4, 0.5) is 0 Å². The van der Waals surface area contributed by atoms with Gasteiger partial charge in [-0.25, -0.2) is 8.42 Å². The Balaban J connectivity index is 1.60. The molecule has 2 fully saturated rings. The van der Waals surface area contributed by atoms with E-state index < -0.39 is 10.0 Å². The summed E-state index contributed by atoms with van der Waals surface area (Å²) in [4.78, 5) is 14.2. The molecule has 2 N–H and O–H groups in total. The Morgan fingerprint density at radius 1 is 1.15 bits per heavy atom. The van der Waals surface area contributed by atoms with Gasteiger partial charge in [0.2, 0.25) is 10.0 Å². The molecule has 0 aromatic heterocycles. The van der Waals surface area contributed by atoms with E-state index in [1.54, 1.807) is 33.5 Å². The molecule has 2 aliphatic rings. The third-order valence-electron chi connectivity index (χ3n) is 5.66. The van der Waals surface area contributed by atoms with Crippen LogP contribution < -0.4 is 10.2 Å². The van der Waals surface area contributed by atoms with Crippen LogP contribution in [0.2, 0.25) is 0 Å². The summed E-state index contributed by atoms with van der Waals surface area (Å²) in [5.41, 5.74) is 0.513. The number of sulfonamides is 1. The summed E-state index contributed by atoms with van der Waals surface area (Å²) < 4.78 is 26.9. The van der Waals surface area contributed by atoms with Crippen molar-refractivity contribution in [3.05, 3.63) is 29.8 Å². The van der Waals surface area contributed by atoms with Gasteiger partial charge < -0.3 is 10.2 Å².